The number of oxime groups is 1. The number of ether oxygens (including phenoxy) is 1. The maximum Gasteiger partial charge on any atom is 0.311 e. The van der Waals surface area contributed by atoms with E-state index in [0.29, 0.717) is 18.6 Å². The summed E-state index contributed by atoms with van der Waals surface area (Å²) in [7, 11) is 0. The van der Waals surface area contributed by atoms with Gasteiger partial charge in [-0.15, -0.1) is 0 Å². The molecule has 0 unspecified atom stereocenters. The van der Waals surface area contributed by atoms with Crippen molar-refractivity contribution in [2.75, 3.05) is 6.61 Å². The molecular weight excluding hydrogens is 308 g/mol. The molecule has 4 atom stereocenters. The van der Waals surface area contributed by atoms with Gasteiger partial charge in [0.2, 0.25) is 0 Å². The van der Waals surface area contributed by atoms with Crippen LogP contribution in [0.4, 0.5) is 0 Å². The molecule has 1 aromatic rings. The number of nitrogens with one attached hydrogen (secondary N) is 1. The lowest BCUT2D eigenvalue weighted by atomic mass is 9.97. The predicted molar refractivity (Wildman–Crippen MR) is 88.5 cm³/mol. The van der Waals surface area contributed by atoms with Crippen LogP contribution >= 0.6 is 0 Å². The monoisotopic (exact) mass is 330 g/mol. The second-order valence-electron chi connectivity index (χ2n) is 6.07. The molecule has 3 rings (SSSR count). The van der Waals surface area contributed by atoms with Crippen molar-refractivity contribution in [2.45, 2.75) is 38.8 Å². The van der Waals surface area contributed by atoms with Crippen LogP contribution in [0.1, 0.15) is 37.0 Å². The molecule has 24 heavy (non-hydrogen) atoms. The lowest BCUT2D eigenvalue weighted by Gasteiger charge is -2.23. The second kappa shape index (κ2) is 7.03. The Morgan fingerprint density at radius 2 is 2.04 bits per heavy atom. The number of benzene rings is 1. The van der Waals surface area contributed by atoms with Crippen molar-refractivity contribution < 1.29 is 19.2 Å². The molecule has 0 bridgehead atoms. The van der Waals surface area contributed by atoms with E-state index in [2.05, 4.69) is 10.5 Å². The lowest BCUT2D eigenvalue weighted by molar-refractivity contribution is -0.149. The van der Waals surface area contributed by atoms with Crippen LogP contribution in [0, 0.1) is 11.8 Å². The molecule has 1 heterocycles. The summed E-state index contributed by atoms with van der Waals surface area (Å²) in [6, 6.07) is 8.51. The first-order valence-electron chi connectivity index (χ1n) is 8.40. The standard InChI is InChI=1S/C18H22N2O4/c1-3-14-12-10-13(18(22)23-4-2)15(16(12)24-20-14)19-17(21)11-8-6-5-7-9-11/h5-9,12-13,15-16H,3-4,10H2,1-2H3,(H,19,21)/t12-,13-,15-,16+/m1/s1. The average molecular weight is 330 g/mol. The molecule has 1 fully saturated rings. The first kappa shape index (κ1) is 16.5. The highest BCUT2D eigenvalue weighted by atomic mass is 16.6. The fourth-order valence-corrected chi connectivity index (χ4v) is 3.52. The van der Waals surface area contributed by atoms with Crippen molar-refractivity contribution in [1.82, 2.24) is 5.32 Å². The number of esters is 1. The summed E-state index contributed by atoms with van der Waals surface area (Å²) < 4.78 is 5.19. The molecule has 0 saturated heterocycles. The van der Waals surface area contributed by atoms with Crippen LogP contribution in [-0.4, -0.2) is 36.3 Å². The highest BCUT2D eigenvalue weighted by molar-refractivity contribution is 5.95. The van der Waals surface area contributed by atoms with Gasteiger partial charge in [-0.3, -0.25) is 9.59 Å². The Labute approximate surface area is 141 Å². The van der Waals surface area contributed by atoms with Crippen LogP contribution in [-0.2, 0) is 14.4 Å². The second-order valence-corrected chi connectivity index (χ2v) is 6.07. The van der Waals surface area contributed by atoms with E-state index in [4.69, 9.17) is 9.57 Å². The van der Waals surface area contributed by atoms with E-state index in [1.165, 1.54) is 0 Å². The summed E-state index contributed by atoms with van der Waals surface area (Å²) in [5.41, 5.74) is 1.50. The summed E-state index contributed by atoms with van der Waals surface area (Å²) in [6.45, 7) is 4.11. The number of rotatable bonds is 5. The Kier molecular flexibility index (Phi) is 4.83. The zero-order valence-electron chi connectivity index (χ0n) is 13.9. The van der Waals surface area contributed by atoms with Gasteiger partial charge in [0.1, 0.15) is 0 Å². The number of carbonyl (C=O) groups is 2. The Hall–Kier alpha value is -2.37. The van der Waals surface area contributed by atoms with E-state index in [0.717, 1.165) is 12.1 Å². The average Bonchev–Trinajstić information content (AvgIpc) is 3.15. The van der Waals surface area contributed by atoms with Gasteiger partial charge in [0, 0.05) is 11.5 Å². The number of amides is 1. The normalized spacial score (nSPS) is 27.8. The highest BCUT2D eigenvalue weighted by Gasteiger charge is 2.53. The molecule has 0 radical (unpaired) electrons. The molecule has 1 N–H and O–H groups in total. The van der Waals surface area contributed by atoms with Crippen molar-refractivity contribution in [2.24, 2.45) is 17.0 Å². The van der Waals surface area contributed by atoms with Crippen LogP contribution < -0.4 is 5.32 Å². The van der Waals surface area contributed by atoms with Crippen LogP contribution in [0.5, 0.6) is 0 Å². The molecule has 1 aliphatic carbocycles. The fourth-order valence-electron chi connectivity index (χ4n) is 3.52. The number of nitrogens with zero attached hydrogens (tertiary/aromatic N) is 1. The Balaban J connectivity index is 1.79. The molecule has 1 saturated carbocycles. The third-order valence-corrected chi connectivity index (χ3v) is 4.70. The molecule has 2 aliphatic rings. The summed E-state index contributed by atoms with van der Waals surface area (Å²) in [6.07, 6.45) is 1.06. The Bertz CT molecular complexity index is 644. The van der Waals surface area contributed by atoms with E-state index < -0.39 is 12.0 Å². The lowest BCUT2D eigenvalue weighted by Crippen LogP contribution is -2.47. The first-order chi connectivity index (χ1) is 11.7. The molecule has 6 nitrogen and oxygen atoms in total. The summed E-state index contributed by atoms with van der Waals surface area (Å²) in [5, 5.41) is 7.08. The zero-order chi connectivity index (χ0) is 17.1. The Morgan fingerprint density at radius 1 is 1.29 bits per heavy atom. The summed E-state index contributed by atoms with van der Waals surface area (Å²) >= 11 is 0. The molecule has 1 aliphatic heterocycles. The van der Waals surface area contributed by atoms with Gasteiger partial charge in [-0.25, -0.2) is 0 Å². The van der Waals surface area contributed by atoms with Gasteiger partial charge in [0.25, 0.3) is 5.91 Å². The maximum atomic E-state index is 12.5. The van der Waals surface area contributed by atoms with Gasteiger partial charge in [0.05, 0.1) is 24.3 Å². The third-order valence-electron chi connectivity index (χ3n) is 4.70. The van der Waals surface area contributed by atoms with E-state index in [9.17, 15) is 9.59 Å². The Morgan fingerprint density at radius 3 is 2.71 bits per heavy atom. The maximum absolute atomic E-state index is 12.5. The number of carbonyl (C=O) groups excluding carboxylic acids is 2. The summed E-state index contributed by atoms with van der Waals surface area (Å²) in [4.78, 5) is 30.4. The van der Waals surface area contributed by atoms with Crippen LogP contribution in [0.2, 0.25) is 0 Å². The van der Waals surface area contributed by atoms with Gasteiger partial charge in [0.15, 0.2) is 6.10 Å². The molecule has 128 valence electrons. The van der Waals surface area contributed by atoms with Gasteiger partial charge in [-0.2, -0.15) is 0 Å². The van der Waals surface area contributed by atoms with Crippen molar-refractivity contribution in [3.8, 4) is 0 Å². The number of hydrogen-bond donors (Lipinski definition) is 1. The minimum atomic E-state index is -0.436. The van der Waals surface area contributed by atoms with Crippen molar-refractivity contribution >= 4 is 17.6 Å². The molecule has 1 aromatic carbocycles. The van der Waals surface area contributed by atoms with Crippen LogP contribution in [0.15, 0.2) is 35.5 Å². The van der Waals surface area contributed by atoms with E-state index in [1.54, 1.807) is 31.2 Å². The minimum absolute atomic E-state index is 0.0606. The van der Waals surface area contributed by atoms with Crippen molar-refractivity contribution in [3.05, 3.63) is 35.9 Å². The van der Waals surface area contributed by atoms with Gasteiger partial charge >= 0.3 is 5.97 Å². The smallest absolute Gasteiger partial charge is 0.311 e. The predicted octanol–water partition coefficient (Wildman–Crippen LogP) is 2.15. The van der Waals surface area contributed by atoms with Gasteiger partial charge in [-0.05, 0) is 31.9 Å². The first-order valence-corrected chi connectivity index (χ1v) is 8.40. The van der Waals surface area contributed by atoms with Crippen molar-refractivity contribution in [1.29, 1.82) is 0 Å². The number of hydrogen-bond acceptors (Lipinski definition) is 5. The highest BCUT2D eigenvalue weighted by Crippen LogP contribution is 2.40. The van der Waals surface area contributed by atoms with Crippen LogP contribution in [0.25, 0.3) is 0 Å². The van der Waals surface area contributed by atoms with Gasteiger partial charge < -0.3 is 14.9 Å². The summed E-state index contributed by atoms with van der Waals surface area (Å²) in [5.74, 6) is -0.858. The molecular formula is C18H22N2O4. The topological polar surface area (TPSA) is 77.0 Å². The van der Waals surface area contributed by atoms with Gasteiger partial charge in [-0.1, -0.05) is 30.3 Å². The fraction of sp³-hybridized carbons (Fsp3) is 0.500. The minimum Gasteiger partial charge on any atom is -0.466 e. The molecule has 1 amide bonds. The third kappa shape index (κ3) is 3.00. The van der Waals surface area contributed by atoms with Crippen molar-refractivity contribution in [3.63, 3.8) is 0 Å². The van der Waals surface area contributed by atoms with E-state index in [1.807, 2.05) is 13.0 Å². The largest absolute Gasteiger partial charge is 0.466 e. The molecule has 6 heteroatoms. The van der Waals surface area contributed by atoms with E-state index in [-0.39, 0.29) is 23.9 Å². The van der Waals surface area contributed by atoms with Crippen LogP contribution in [0.3, 0.4) is 0 Å². The molecule has 0 aromatic heterocycles. The quantitative estimate of drug-likeness (QED) is 0.839. The van der Waals surface area contributed by atoms with E-state index >= 15 is 0 Å². The SMILES string of the molecule is CCOC(=O)[C@@H]1C[C@@H]2C(CC)=NO[C@@H]2[C@@H]1NC(=O)c1ccccc1. The molecule has 0 spiro atoms. The number of fused-ring (bicyclic) bond motifs is 1. The zero-order valence-corrected chi connectivity index (χ0v) is 13.9.